The summed E-state index contributed by atoms with van der Waals surface area (Å²) in [4.78, 5) is 16.2. The van der Waals surface area contributed by atoms with Crippen LogP contribution >= 0.6 is 0 Å². The molecule has 1 saturated carbocycles. The van der Waals surface area contributed by atoms with E-state index >= 15 is 0 Å². The summed E-state index contributed by atoms with van der Waals surface area (Å²) in [6, 6.07) is 6.58. The first-order valence-electron chi connectivity index (χ1n) is 9.02. The number of carbonyl (C=O) groups excluding carboxylic acids is 1. The molecule has 2 unspecified atom stereocenters. The number of fused-ring (bicyclic) bond motifs is 1. The van der Waals surface area contributed by atoms with Crippen LogP contribution in [-0.4, -0.2) is 46.0 Å². The van der Waals surface area contributed by atoms with Gasteiger partial charge in [-0.1, -0.05) is 31.9 Å². The van der Waals surface area contributed by atoms with Crippen LogP contribution in [0.25, 0.3) is 0 Å². The van der Waals surface area contributed by atoms with Crippen molar-refractivity contribution in [3.05, 3.63) is 29.8 Å². The molecular weight excluding hydrogens is 354 g/mol. The lowest BCUT2D eigenvalue weighted by Crippen LogP contribution is -2.33. The Balaban J connectivity index is 1.45. The third-order valence-electron chi connectivity index (χ3n) is 4.83. The fraction of sp³-hybridized carbons (Fsp3) is 0.556. The number of hydrogen-bond donors (Lipinski definition) is 2. The Kier molecular flexibility index (Phi) is 5.93. The summed E-state index contributed by atoms with van der Waals surface area (Å²) in [6.45, 7) is 2.98. The van der Waals surface area contributed by atoms with Crippen LogP contribution in [0, 0.1) is 5.92 Å². The van der Waals surface area contributed by atoms with E-state index in [0.717, 1.165) is 6.42 Å². The van der Waals surface area contributed by atoms with E-state index in [1.807, 2.05) is 0 Å². The first kappa shape index (κ1) is 18.8. The Labute approximate surface area is 154 Å². The quantitative estimate of drug-likeness (QED) is 0.731. The van der Waals surface area contributed by atoms with E-state index in [1.165, 1.54) is 25.3 Å². The molecule has 8 heteroatoms. The molecule has 1 aromatic rings. The number of rotatable bonds is 6. The first-order chi connectivity index (χ1) is 12.5. The molecule has 3 rings (SSSR count). The number of ether oxygens (including phenoxy) is 1. The Morgan fingerprint density at radius 3 is 2.88 bits per heavy atom. The molecule has 26 heavy (non-hydrogen) atoms. The Bertz CT molecular complexity index is 791. The molecule has 2 atom stereocenters. The molecule has 1 fully saturated rings. The molecular formula is C18H25N3O4S. The zero-order valence-corrected chi connectivity index (χ0v) is 15.7. The van der Waals surface area contributed by atoms with Gasteiger partial charge in [-0.25, -0.2) is 8.42 Å². The molecule has 0 aromatic heterocycles. The van der Waals surface area contributed by atoms with Crippen molar-refractivity contribution in [3.8, 4) is 0 Å². The van der Waals surface area contributed by atoms with Gasteiger partial charge in [0.1, 0.15) is 12.4 Å². The van der Waals surface area contributed by atoms with Gasteiger partial charge in [0.2, 0.25) is 5.91 Å². The molecule has 142 valence electrons. The van der Waals surface area contributed by atoms with Crippen molar-refractivity contribution >= 4 is 21.8 Å². The summed E-state index contributed by atoms with van der Waals surface area (Å²) >= 11 is 0. The van der Waals surface area contributed by atoms with E-state index < -0.39 is 10.0 Å². The number of carbonyl (C=O) groups is 1. The number of aliphatic imine (C=N–C) groups is 1. The molecule has 0 radical (unpaired) electrons. The van der Waals surface area contributed by atoms with E-state index in [-0.39, 0.29) is 29.3 Å². The Morgan fingerprint density at radius 1 is 1.31 bits per heavy atom. The SMILES string of the molecule is CC1CCCCC1OCCNC(=O)CN=C1NS(=O)(=O)c2ccccc21. The maximum atomic E-state index is 12.0. The van der Waals surface area contributed by atoms with Gasteiger partial charge >= 0.3 is 0 Å². The number of nitrogens with zero attached hydrogens (tertiary/aromatic N) is 1. The third kappa shape index (κ3) is 4.42. The van der Waals surface area contributed by atoms with Crippen LogP contribution in [0.4, 0.5) is 0 Å². The second-order valence-corrected chi connectivity index (χ2v) is 8.44. The average Bonchev–Trinajstić information content (AvgIpc) is 2.89. The van der Waals surface area contributed by atoms with Crippen molar-refractivity contribution in [2.24, 2.45) is 10.9 Å². The van der Waals surface area contributed by atoms with Gasteiger partial charge in [0, 0.05) is 12.1 Å². The van der Waals surface area contributed by atoms with Crippen LogP contribution in [0.5, 0.6) is 0 Å². The van der Waals surface area contributed by atoms with Crippen LogP contribution in [-0.2, 0) is 19.6 Å². The normalized spacial score (nSPS) is 25.5. The smallest absolute Gasteiger partial charge is 0.263 e. The Hall–Kier alpha value is -1.93. The number of amidine groups is 1. The topological polar surface area (TPSA) is 96.9 Å². The lowest BCUT2D eigenvalue weighted by atomic mass is 9.88. The zero-order chi connectivity index (χ0) is 18.6. The first-order valence-corrected chi connectivity index (χ1v) is 10.5. The van der Waals surface area contributed by atoms with E-state index in [2.05, 4.69) is 22.0 Å². The van der Waals surface area contributed by atoms with Gasteiger partial charge in [-0.3, -0.25) is 14.5 Å². The number of benzene rings is 1. The molecule has 1 aliphatic heterocycles. The van der Waals surface area contributed by atoms with Crippen molar-refractivity contribution in [3.63, 3.8) is 0 Å². The fourth-order valence-electron chi connectivity index (χ4n) is 3.39. The van der Waals surface area contributed by atoms with E-state index in [0.29, 0.717) is 24.6 Å². The molecule has 2 N–H and O–H groups in total. The summed E-state index contributed by atoms with van der Waals surface area (Å²) in [5.41, 5.74) is 0.495. The lowest BCUT2D eigenvalue weighted by molar-refractivity contribution is -0.120. The summed E-state index contributed by atoms with van der Waals surface area (Å²) in [7, 11) is -3.57. The summed E-state index contributed by atoms with van der Waals surface area (Å²) < 4.78 is 32.2. The van der Waals surface area contributed by atoms with Gasteiger partial charge in [-0.15, -0.1) is 0 Å². The van der Waals surface area contributed by atoms with Crippen molar-refractivity contribution in [1.82, 2.24) is 10.0 Å². The van der Waals surface area contributed by atoms with Gasteiger partial charge < -0.3 is 10.1 Å². The molecule has 1 amide bonds. The van der Waals surface area contributed by atoms with Gasteiger partial charge in [0.25, 0.3) is 10.0 Å². The second-order valence-electron chi connectivity index (χ2n) is 6.79. The molecule has 1 aromatic carbocycles. The van der Waals surface area contributed by atoms with Crippen LogP contribution < -0.4 is 10.0 Å². The summed E-state index contributed by atoms with van der Waals surface area (Å²) in [5, 5.41) is 2.76. The van der Waals surface area contributed by atoms with Crippen LogP contribution in [0.15, 0.2) is 34.2 Å². The largest absolute Gasteiger partial charge is 0.376 e. The highest BCUT2D eigenvalue weighted by Crippen LogP contribution is 2.26. The third-order valence-corrected chi connectivity index (χ3v) is 6.23. The molecule has 0 saturated heterocycles. The number of amides is 1. The number of sulfonamides is 1. The molecule has 0 bridgehead atoms. The predicted octanol–water partition coefficient (Wildman–Crippen LogP) is 1.44. The highest BCUT2D eigenvalue weighted by atomic mass is 32.2. The monoisotopic (exact) mass is 379 g/mol. The maximum absolute atomic E-state index is 12.0. The molecule has 0 spiro atoms. The maximum Gasteiger partial charge on any atom is 0.263 e. The van der Waals surface area contributed by atoms with Gasteiger partial charge in [0.15, 0.2) is 0 Å². The predicted molar refractivity (Wildman–Crippen MR) is 98.5 cm³/mol. The molecule has 1 aliphatic carbocycles. The standard InChI is InChI=1S/C18H25N3O4S/c1-13-6-2-4-8-15(13)25-11-10-19-17(22)12-20-18-14-7-3-5-9-16(14)26(23,24)21-18/h3,5,7,9,13,15H,2,4,6,8,10-12H2,1H3,(H,19,22)(H,20,21). The van der Waals surface area contributed by atoms with Crippen LogP contribution in [0.3, 0.4) is 0 Å². The minimum atomic E-state index is -3.57. The Morgan fingerprint density at radius 2 is 2.08 bits per heavy atom. The van der Waals surface area contributed by atoms with Crippen molar-refractivity contribution in [2.45, 2.75) is 43.6 Å². The minimum Gasteiger partial charge on any atom is -0.376 e. The van der Waals surface area contributed by atoms with Gasteiger partial charge in [0.05, 0.1) is 17.6 Å². The molecule has 7 nitrogen and oxygen atoms in total. The fourth-order valence-corrected chi connectivity index (χ4v) is 4.64. The van der Waals surface area contributed by atoms with E-state index in [4.69, 9.17) is 4.74 Å². The number of hydrogen-bond acceptors (Lipinski definition) is 5. The van der Waals surface area contributed by atoms with E-state index in [1.54, 1.807) is 18.2 Å². The highest BCUT2D eigenvalue weighted by Gasteiger charge is 2.30. The highest BCUT2D eigenvalue weighted by molar-refractivity contribution is 7.90. The minimum absolute atomic E-state index is 0.133. The van der Waals surface area contributed by atoms with E-state index in [9.17, 15) is 13.2 Å². The van der Waals surface area contributed by atoms with Crippen molar-refractivity contribution in [1.29, 1.82) is 0 Å². The second kappa shape index (κ2) is 8.18. The lowest BCUT2D eigenvalue weighted by Gasteiger charge is -2.28. The van der Waals surface area contributed by atoms with Crippen LogP contribution in [0.1, 0.15) is 38.2 Å². The van der Waals surface area contributed by atoms with Crippen molar-refractivity contribution < 1.29 is 17.9 Å². The number of nitrogens with one attached hydrogen (secondary N) is 2. The van der Waals surface area contributed by atoms with Gasteiger partial charge in [-0.2, -0.15) is 0 Å². The van der Waals surface area contributed by atoms with Gasteiger partial charge in [-0.05, 0) is 30.9 Å². The zero-order valence-electron chi connectivity index (χ0n) is 14.9. The van der Waals surface area contributed by atoms with Crippen molar-refractivity contribution in [2.75, 3.05) is 19.7 Å². The van der Waals surface area contributed by atoms with Crippen LogP contribution in [0.2, 0.25) is 0 Å². The molecule has 1 heterocycles. The summed E-state index contributed by atoms with van der Waals surface area (Å²) in [6.07, 6.45) is 5.04. The molecule has 2 aliphatic rings. The average molecular weight is 379 g/mol. The summed E-state index contributed by atoms with van der Waals surface area (Å²) in [5.74, 6) is 0.519.